The molecule has 1 fully saturated rings. The van der Waals surface area contributed by atoms with Crippen LogP contribution in [0.2, 0.25) is 0 Å². The predicted octanol–water partition coefficient (Wildman–Crippen LogP) is 5.44. The maximum Gasteiger partial charge on any atom is 0.257 e. The first-order valence-corrected chi connectivity index (χ1v) is 11.6. The Morgan fingerprint density at radius 3 is 2.71 bits per heavy atom. The van der Waals surface area contributed by atoms with Crippen molar-refractivity contribution in [1.29, 1.82) is 0 Å². The van der Waals surface area contributed by atoms with Crippen LogP contribution in [-0.4, -0.2) is 35.9 Å². The minimum atomic E-state index is -0.202. The molecule has 158 valence electrons. The van der Waals surface area contributed by atoms with E-state index < -0.39 is 0 Å². The molecule has 6 heteroatoms. The van der Waals surface area contributed by atoms with Crippen molar-refractivity contribution in [3.8, 4) is 16.9 Å². The van der Waals surface area contributed by atoms with E-state index in [0.717, 1.165) is 43.4 Å². The Labute approximate surface area is 185 Å². The highest BCUT2D eigenvalue weighted by atomic mass is 32.1. The fourth-order valence-electron chi connectivity index (χ4n) is 4.37. The summed E-state index contributed by atoms with van der Waals surface area (Å²) in [6.07, 6.45) is 4.09. The molecule has 5 rings (SSSR count). The number of hydrogen-bond donors (Lipinski definition) is 1. The third-order valence-electron chi connectivity index (χ3n) is 6.07. The van der Waals surface area contributed by atoms with E-state index >= 15 is 0 Å². The van der Waals surface area contributed by atoms with Gasteiger partial charge in [0.15, 0.2) is 0 Å². The van der Waals surface area contributed by atoms with Crippen molar-refractivity contribution in [2.75, 3.05) is 18.5 Å². The fraction of sp³-hybridized carbons (Fsp3) is 0.280. The van der Waals surface area contributed by atoms with Crippen molar-refractivity contribution in [2.24, 2.45) is 0 Å². The van der Waals surface area contributed by atoms with E-state index in [4.69, 9.17) is 4.74 Å². The van der Waals surface area contributed by atoms with Gasteiger partial charge in [0.1, 0.15) is 5.75 Å². The van der Waals surface area contributed by atoms with Gasteiger partial charge in [-0.05, 0) is 77.5 Å². The molecule has 0 bridgehead atoms. The first-order chi connectivity index (χ1) is 15.2. The second-order valence-electron chi connectivity index (χ2n) is 8.04. The maximum absolute atomic E-state index is 13.2. The van der Waals surface area contributed by atoms with Gasteiger partial charge in [0.05, 0.1) is 12.2 Å². The molecule has 5 nitrogen and oxygen atoms in total. The molecule has 1 N–H and O–H groups in total. The van der Waals surface area contributed by atoms with Gasteiger partial charge in [-0.2, -0.15) is 11.3 Å². The first kappa shape index (κ1) is 19.8. The molecule has 0 radical (unpaired) electrons. The average molecular weight is 433 g/mol. The number of rotatable bonds is 3. The lowest BCUT2D eigenvalue weighted by Crippen LogP contribution is -2.45. The van der Waals surface area contributed by atoms with Crippen molar-refractivity contribution >= 4 is 28.8 Å². The van der Waals surface area contributed by atoms with E-state index in [1.54, 1.807) is 29.5 Å². The normalized spacial score (nSPS) is 18.3. The largest absolute Gasteiger partial charge is 0.493 e. The molecule has 3 aromatic rings. The van der Waals surface area contributed by atoms with E-state index in [1.807, 2.05) is 34.5 Å². The van der Waals surface area contributed by atoms with E-state index in [-0.39, 0.29) is 17.9 Å². The number of carbonyl (C=O) groups excluding carboxylic acids is 2. The van der Waals surface area contributed by atoms with Gasteiger partial charge >= 0.3 is 0 Å². The van der Waals surface area contributed by atoms with Gasteiger partial charge in [-0.1, -0.05) is 12.1 Å². The summed E-state index contributed by atoms with van der Waals surface area (Å²) in [7, 11) is 0. The van der Waals surface area contributed by atoms with Crippen LogP contribution in [0.1, 0.15) is 46.4 Å². The predicted molar refractivity (Wildman–Crippen MR) is 123 cm³/mol. The molecule has 2 aliphatic heterocycles. The van der Waals surface area contributed by atoms with Gasteiger partial charge in [0.2, 0.25) is 0 Å². The molecule has 2 amide bonds. The first-order valence-electron chi connectivity index (χ1n) is 10.7. The summed E-state index contributed by atoms with van der Waals surface area (Å²) in [6, 6.07) is 15.2. The summed E-state index contributed by atoms with van der Waals surface area (Å²) < 4.78 is 5.88. The van der Waals surface area contributed by atoms with Crippen LogP contribution >= 0.6 is 11.3 Å². The van der Waals surface area contributed by atoms with Gasteiger partial charge < -0.3 is 15.0 Å². The molecule has 0 saturated carbocycles. The lowest BCUT2D eigenvalue weighted by molar-refractivity contribution is 0.0548. The molecule has 1 saturated heterocycles. The Morgan fingerprint density at radius 2 is 1.90 bits per heavy atom. The third kappa shape index (κ3) is 4.08. The van der Waals surface area contributed by atoms with Crippen molar-refractivity contribution in [3.05, 3.63) is 70.4 Å². The zero-order valence-electron chi connectivity index (χ0n) is 17.2. The molecule has 1 atom stereocenters. The van der Waals surface area contributed by atoms with Crippen molar-refractivity contribution < 1.29 is 14.3 Å². The van der Waals surface area contributed by atoms with Gasteiger partial charge in [-0.15, -0.1) is 0 Å². The molecule has 3 heterocycles. The average Bonchev–Trinajstić information content (AvgIpc) is 3.34. The summed E-state index contributed by atoms with van der Waals surface area (Å²) in [6.45, 7) is 1.39. The zero-order valence-corrected chi connectivity index (χ0v) is 18.0. The molecule has 2 aliphatic rings. The standard InChI is InChI=1S/C25H24N2O3S/c28-24(18-6-4-17(5-7-18)19-11-14-31-16-19)26-20-8-9-23-22(15-20)25(29)27-12-2-1-3-21(27)10-13-30-23/h4-9,11,14-16,21H,1-3,10,12-13H2,(H,26,28)/t21-/m0/s1. The molecule has 2 aromatic carbocycles. The second kappa shape index (κ2) is 8.55. The van der Waals surface area contributed by atoms with E-state index in [0.29, 0.717) is 29.2 Å². The Bertz CT molecular complexity index is 1090. The minimum Gasteiger partial charge on any atom is -0.493 e. The van der Waals surface area contributed by atoms with Gasteiger partial charge in [0.25, 0.3) is 11.8 Å². The summed E-state index contributed by atoms with van der Waals surface area (Å²) in [5.74, 6) is 0.384. The topological polar surface area (TPSA) is 58.6 Å². The summed E-state index contributed by atoms with van der Waals surface area (Å²) in [5, 5.41) is 7.05. The van der Waals surface area contributed by atoms with Crippen LogP contribution in [0.4, 0.5) is 5.69 Å². The van der Waals surface area contributed by atoms with Crippen LogP contribution in [0.5, 0.6) is 5.75 Å². The number of anilines is 1. The van der Waals surface area contributed by atoms with Crippen molar-refractivity contribution in [1.82, 2.24) is 4.90 Å². The quantitative estimate of drug-likeness (QED) is 0.599. The van der Waals surface area contributed by atoms with E-state index in [2.05, 4.69) is 16.8 Å². The van der Waals surface area contributed by atoms with Crippen molar-refractivity contribution in [2.45, 2.75) is 31.7 Å². The van der Waals surface area contributed by atoms with Gasteiger partial charge in [-0.3, -0.25) is 9.59 Å². The van der Waals surface area contributed by atoms with Crippen LogP contribution < -0.4 is 10.1 Å². The Hall–Kier alpha value is -3.12. The Balaban J connectivity index is 1.35. The molecule has 1 aromatic heterocycles. The number of thiophene rings is 1. The highest BCUT2D eigenvalue weighted by Gasteiger charge is 2.31. The molecular weight excluding hydrogens is 408 g/mol. The smallest absolute Gasteiger partial charge is 0.257 e. The third-order valence-corrected chi connectivity index (χ3v) is 6.75. The highest BCUT2D eigenvalue weighted by molar-refractivity contribution is 7.08. The highest BCUT2D eigenvalue weighted by Crippen LogP contribution is 2.31. The molecular formula is C25H24N2O3S. The van der Waals surface area contributed by atoms with Gasteiger partial charge in [-0.25, -0.2) is 0 Å². The van der Waals surface area contributed by atoms with Gasteiger partial charge in [0, 0.05) is 30.3 Å². The number of carbonyl (C=O) groups is 2. The number of nitrogens with zero attached hydrogens (tertiary/aromatic N) is 1. The Kier molecular flexibility index (Phi) is 5.47. The van der Waals surface area contributed by atoms with E-state index in [9.17, 15) is 9.59 Å². The molecule has 31 heavy (non-hydrogen) atoms. The number of amides is 2. The van der Waals surface area contributed by atoms with Crippen molar-refractivity contribution in [3.63, 3.8) is 0 Å². The van der Waals surface area contributed by atoms with Crippen LogP contribution in [0.25, 0.3) is 11.1 Å². The van der Waals surface area contributed by atoms with E-state index in [1.165, 1.54) is 0 Å². The number of hydrogen-bond acceptors (Lipinski definition) is 4. The minimum absolute atomic E-state index is 0.00406. The lowest BCUT2D eigenvalue weighted by atomic mass is 9.97. The monoisotopic (exact) mass is 432 g/mol. The number of ether oxygens (including phenoxy) is 1. The number of fused-ring (bicyclic) bond motifs is 2. The number of piperidine rings is 1. The summed E-state index contributed by atoms with van der Waals surface area (Å²) >= 11 is 1.65. The summed E-state index contributed by atoms with van der Waals surface area (Å²) in [4.78, 5) is 28.0. The molecule has 0 aliphatic carbocycles. The maximum atomic E-state index is 13.2. The lowest BCUT2D eigenvalue weighted by Gasteiger charge is -2.37. The summed E-state index contributed by atoms with van der Waals surface area (Å²) in [5.41, 5.74) is 3.92. The van der Waals surface area contributed by atoms with Crippen LogP contribution in [0, 0.1) is 0 Å². The van der Waals surface area contributed by atoms with Crippen LogP contribution in [0.15, 0.2) is 59.3 Å². The van der Waals surface area contributed by atoms with Crippen LogP contribution in [0.3, 0.4) is 0 Å². The Morgan fingerprint density at radius 1 is 1.03 bits per heavy atom. The fourth-order valence-corrected chi connectivity index (χ4v) is 5.04. The SMILES string of the molecule is O=C(Nc1ccc2c(c1)C(=O)N1CCCC[C@H]1CCO2)c1ccc(-c2ccsc2)cc1. The zero-order chi connectivity index (χ0) is 21.2. The van der Waals surface area contributed by atoms with Crippen LogP contribution in [-0.2, 0) is 0 Å². The number of nitrogens with one attached hydrogen (secondary N) is 1. The number of benzene rings is 2. The molecule has 0 unspecified atom stereocenters. The second-order valence-corrected chi connectivity index (χ2v) is 8.82. The molecule has 0 spiro atoms.